The zero-order valence-corrected chi connectivity index (χ0v) is 44.8. The van der Waals surface area contributed by atoms with Crippen molar-refractivity contribution < 1.29 is 57.6 Å². The van der Waals surface area contributed by atoms with Crippen molar-refractivity contribution in [1.82, 2.24) is 20.8 Å². The van der Waals surface area contributed by atoms with E-state index in [9.17, 15) is 38.7 Å². The number of alkyl carbamates (subject to hydrolysis) is 1. The van der Waals surface area contributed by atoms with Gasteiger partial charge in [0.1, 0.15) is 44.6 Å². The van der Waals surface area contributed by atoms with Gasteiger partial charge >= 0.3 is 30.3 Å². The molecular weight excluding hydrogens is 1050 g/mol. The summed E-state index contributed by atoms with van der Waals surface area (Å²) in [7, 11) is 0. The molecule has 20 nitrogen and oxygen atoms in total. The van der Waals surface area contributed by atoms with Gasteiger partial charge in [-0.3, -0.25) is 25.3 Å². The normalized spacial score (nSPS) is 11.6. The molecule has 1 aromatic heterocycles. The Morgan fingerprint density at radius 3 is 1.39 bits per heavy atom. The smallest absolute Gasteiger partial charge is 0.423 e. The number of ether oxygens (including phenoxy) is 4. The quantitative estimate of drug-likeness (QED) is 0.0260. The van der Waals surface area contributed by atoms with Crippen molar-refractivity contribution in [3.8, 4) is 0 Å². The number of nitrogens with zero attached hydrogens (tertiary/aromatic N) is 2. The number of H-pyrrole nitrogens is 1. The van der Waals surface area contributed by atoms with Crippen LogP contribution >= 0.6 is 23.6 Å². The molecule has 0 bridgehead atoms. The van der Waals surface area contributed by atoms with Crippen LogP contribution in [0.4, 0.5) is 41.4 Å². The molecule has 0 aliphatic carbocycles. The molecule has 7 N–H and O–H groups in total. The first-order chi connectivity index (χ1) is 38.1. The van der Waals surface area contributed by atoms with Crippen LogP contribution < -0.4 is 31.5 Å². The Morgan fingerprint density at radius 2 is 0.975 bits per heavy atom. The van der Waals surface area contributed by atoms with Gasteiger partial charge in [0.25, 0.3) is 5.91 Å². The predicted octanol–water partition coefficient (Wildman–Crippen LogP) is 10.6. The van der Waals surface area contributed by atoms with Gasteiger partial charge in [-0.25, -0.2) is 24.0 Å². The van der Waals surface area contributed by atoms with Crippen molar-refractivity contribution in [1.29, 1.82) is 0 Å². The maximum atomic E-state index is 13.8. The summed E-state index contributed by atoms with van der Waals surface area (Å²) >= 11 is 6.04. The lowest BCUT2D eigenvalue weighted by atomic mass is 10.0. The largest absolute Gasteiger partial charge is 0.480 e. The van der Waals surface area contributed by atoms with E-state index in [1.807, 2.05) is 84.9 Å². The Morgan fingerprint density at radius 1 is 0.557 bits per heavy atom. The van der Waals surface area contributed by atoms with Crippen molar-refractivity contribution >= 4 is 87.9 Å². The van der Waals surface area contributed by atoms with Crippen molar-refractivity contribution in [2.24, 2.45) is 5.92 Å². The molecule has 3 atom stereocenters. The number of rotatable bonds is 21. The van der Waals surface area contributed by atoms with E-state index in [-0.39, 0.29) is 41.9 Å². The first-order valence-corrected chi connectivity index (χ1v) is 25.8. The Hall–Kier alpha value is -9.41. The monoisotopic (exact) mass is 1110 g/mol. The molecular formula is C57H58N8O12S2. The first-order valence-electron chi connectivity index (χ1n) is 24.6. The number of carbonyl (C=O) groups excluding carboxylic acids is 6. The molecule has 0 aliphatic heterocycles. The van der Waals surface area contributed by atoms with Gasteiger partial charge in [-0.05, 0) is 89.3 Å². The molecule has 0 spiro atoms. The van der Waals surface area contributed by atoms with E-state index >= 15 is 0 Å². The second kappa shape index (κ2) is 30.4. The number of hydrogen-bond donors (Lipinski definition) is 7. The predicted molar refractivity (Wildman–Crippen MR) is 300 cm³/mol. The third kappa shape index (κ3) is 19.9. The van der Waals surface area contributed by atoms with Crippen LogP contribution in [-0.2, 0) is 66.2 Å². The lowest BCUT2D eigenvalue weighted by Crippen LogP contribution is -2.55. The van der Waals surface area contributed by atoms with E-state index in [2.05, 4.69) is 36.8 Å². The lowest BCUT2D eigenvalue weighted by Gasteiger charge is -2.27. The zero-order valence-electron chi connectivity index (χ0n) is 43.2. The number of hydrogen-bond acceptors (Lipinski definition) is 15. The van der Waals surface area contributed by atoms with Crippen LogP contribution in [0.2, 0.25) is 0 Å². The second-order valence-electron chi connectivity index (χ2n) is 17.7. The van der Waals surface area contributed by atoms with Crippen LogP contribution in [0.1, 0.15) is 48.6 Å². The average Bonchev–Trinajstić information content (AvgIpc) is 3.91. The van der Waals surface area contributed by atoms with Crippen LogP contribution in [0.25, 0.3) is 0 Å². The number of benzene rings is 6. The third-order valence-corrected chi connectivity index (χ3v) is 12.3. The summed E-state index contributed by atoms with van der Waals surface area (Å²) in [6.07, 6.45) is -2.91. The summed E-state index contributed by atoms with van der Waals surface area (Å²) < 4.78 is 21.2. The fourth-order valence-electron chi connectivity index (χ4n) is 7.08. The Labute approximate surface area is 464 Å². The first kappa shape index (κ1) is 58.8. The summed E-state index contributed by atoms with van der Waals surface area (Å²) in [5.74, 6) is -2.78. The highest BCUT2D eigenvalue weighted by Crippen LogP contribution is 2.23. The molecule has 0 radical (unpaired) electrons. The van der Waals surface area contributed by atoms with Gasteiger partial charge in [0, 0.05) is 23.5 Å². The molecule has 0 saturated heterocycles. The van der Waals surface area contributed by atoms with E-state index in [4.69, 9.17) is 31.2 Å². The van der Waals surface area contributed by atoms with E-state index < -0.39 is 66.2 Å². The number of aromatic nitrogens is 2. The fraction of sp³-hybridized carbons (Fsp3) is 0.211. The molecule has 6 amide bonds. The maximum Gasteiger partial charge on any atom is 0.423 e. The fourth-order valence-corrected chi connectivity index (χ4v) is 7.95. The summed E-state index contributed by atoms with van der Waals surface area (Å²) in [4.78, 5) is 88.7. The van der Waals surface area contributed by atoms with Gasteiger partial charge in [0.05, 0.1) is 0 Å². The lowest BCUT2D eigenvalue weighted by molar-refractivity contribution is -0.139. The molecule has 79 heavy (non-hydrogen) atoms. The third-order valence-electron chi connectivity index (χ3n) is 11.2. The van der Waals surface area contributed by atoms with Gasteiger partial charge in [-0.15, -0.1) is 5.10 Å². The second-order valence-corrected chi connectivity index (χ2v) is 19.3. The van der Waals surface area contributed by atoms with Crippen molar-refractivity contribution in [2.45, 2.75) is 71.7 Å². The van der Waals surface area contributed by atoms with Crippen molar-refractivity contribution in [3.05, 3.63) is 202 Å². The number of aliphatic carboxylic acids is 1. The van der Waals surface area contributed by atoms with E-state index in [1.54, 1.807) is 106 Å². The number of carbonyl (C=O) groups is 7. The van der Waals surface area contributed by atoms with Crippen LogP contribution in [0.15, 0.2) is 170 Å². The SMILES string of the molecule is CC(C)[C@H](NC(=O)[C@H](C)Nc1ccc(NC(=O)OCc2ccccc2)cc1)C(=O)N(C(=O)OCc1ccccc1)c1n[nH]c(=S)s1.O=C(Nc1ccc(C[C@H](NC(=O)OCc2ccccc2)C(=O)O)cc1)OCc1ccccc1. The highest BCUT2D eigenvalue weighted by atomic mass is 32.1. The van der Waals surface area contributed by atoms with Gasteiger partial charge in [-0.2, -0.15) is 4.90 Å². The van der Waals surface area contributed by atoms with Gasteiger partial charge in [-0.1, -0.05) is 159 Å². The number of aromatic amines is 1. The minimum atomic E-state index is -1.18. The highest BCUT2D eigenvalue weighted by molar-refractivity contribution is 7.73. The van der Waals surface area contributed by atoms with Gasteiger partial charge in [0.15, 0.2) is 3.95 Å². The molecule has 0 saturated carbocycles. The summed E-state index contributed by atoms with van der Waals surface area (Å²) in [6.45, 7) is 5.39. The maximum absolute atomic E-state index is 13.8. The minimum absolute atomic E-state index is 0.00298. The average molecular weight is 1110 g/mol. The summed E-state index contributed by atoms with van der Waals surface area (Å²) in [5.41, 5.74) is 5.54. The van der Waals surface area contributed by atoms with Crippen molar-refractivity contribution in [3.63, 3.8) is 0 Å². The zero-order chi connectivity index (χ0) is 56.5. The van der Waals surface area contributed by atoms with Gasteiger partial charge in [0.2, 0.25) is 11.0 Å². The Kier molecular flexibility index (Phi) is 22.6. The molecule has 1 heterocycles. The number of nitrogens with one attached hydrogen (secondary N) is 6. The Balaban J connectivity index is 0.000000269. The molecule has 7 rings (SSSR count). The topological polar surface area (TPSA) is 269 Å². The highest BCUT2D eigenvalue weighted by Gasteiger charge is 2.37. The van der Waals surface area contributed by atoms with Crippen LogP contribution in [0, 0.1) is 9.87 Å². The van der Waals surface area contributed by atoms with E-state index in [1.165, 1.54) is 0 Å². The number of anilines is 4. The number of imide groups is 1. The molecule has 6 aromatic carbocycles. The van der Waals surface area contributed by atoms with E-state index in [0.29, 0.717) is 22.6 Å². The van der Waals surface area contributed by atoms with Crippen LogP contribution in [0.5, 0.6) is 0 Å². The molecule has 0 fully saturated rings. The number of amides is 6. The molecule has 0 unspecified atom stereocenters. The summed E-state index contributed by atoms with van der Waals surface area (Å²) in [6, 6.07) is 47.0. The van der Waals surface area contributed by atoms with Crippen LogP contribution in [-0.4, -0.2) is 75.6 Å². The van der Waals surface area contributed by atoms with E-state index in [0.717, 1.165) is 38.5 Å². The molecule has 22 heteroatoms. The molecule has 7 aromatic rings. The number of carboxylic acid groups (broad SMARTS) is 1. The standard InChI is InChI=1S/C32H34N6O6S2.C25H24N2O6/c1-20(2)26(28(40)38(29-36-37-31(45)46-29)32(42)44-19-23-12-8-5-9-13-23)35-27(39)21(3)33-24-14-16-25(17-15-24)34-30(41)43-18-22-10-6-4-7-11-22;28-23(29)22(27-25(31)33-17-20-9-5-2-6-10-20)15-18-11-13-21(14-12-18)26-24(30)32-16-19-7-3-1-4-8-19/h4-17,20-21,26,33H,18-19H2,1-3H3,(H,34,41)(H,35,39)(H,37,45);1-14,22H,15-17H2,(H,26,30)(H,27,31)(H,28,29)/t21-,26-;22-/m00/s1. The minimum Gasteiger partial charge on any atom is -0.480 e. The van der Waals surface area contributed by atoms with Crippen molar-refractivity contribution in [2.75, 3.05) is 20.9 Å². The Bertz CT molecular complexity index is 3150. The molecule has 0 aliphatic rings. The van der Waals surface area contributed by atoms with Crippen LogP contribution in [0.3, 0.4) is 0 Å². The summed E-state index contributed by atoms with van der Waals surface area (Å²) in [5, 5.41) is 29.5. The number of carboxylic acids is 1. The van der Waals surface area contributed by atoms with Gasteiger partial charge < -0.3 is 40.0 Å². The molecule has 410 valence electrons.